The quantitative estimate of drug-likeness (QED) is 0.902. The SMILES string of the molecule is CCc1nc(-c2ccc(C(C)(C)C)s2)nc(N)c1C. The highest BCUT2D eigenvalue weighted by Gasteiger charge is 2.18. The maximum Gasteiger partial charge on any atom is 0.171 e. The van der Waals surface area contributed by atoms with Gasteiger partial charge in [0.05, 0.1) is 4.88 Å². The smallest absolute Gasteiger partial charge is 0.171 e. The van der Waals surface area contributed by atoms with Gasteiger partial charge in [-0.25, -0.2) is 9.97 Å². The number of hydrogen-bond donors (Lipinski definition) is 1. The standard InChI is InChI=1S/C15H21N3S/c1-6-10-9(2)13(16)18-14(17-10)11-7-8-12(19-11)15(3,4)5/h7-8H,6H2,1-5H3,(H2,16,17,18). The van der Waals surface area contributed by atoms with Crippen LogP contribution in [0.4, 0.5) is 5.82 Å². The van der Waals surface area contributed by atoms with Crippen molar-refractivity contribution in [2.75, 3.05) is 5.73 Å². The number of hydrogen-bond acceptors (Lipinski definition) is 4. The molecule has 0 aliphatic heterocycles. The summed E-state index contributed by atoms with van der Waals surface area (Å²) in [6.45, 7) is 10.7. The summed E-state index contributed by atoms with van der Waals surface area (Å²) >= 11 is 1.75. The molecule has 0 bridgehead atoms. The van der Waals surface area contributed by atoms with Crippen LogP contribution in [0.25, 0.3) is 10.7 Å². The summed E-state index contributed by atoms with van der Waals surface area (Å²) in [6, 6.07) is 4.25. The molecule has 0 aliphatic carbocycles. The fraction of sp³-hybridized carbons (Fsp3) is 0.467. The van der Waals surface area contributed by atoms with Crippen LogP contribution in [0.5, 0.6) is 0 Å². The van der Waals surface area contributed by atoms with Crippen LogP contribution >= 0.6 is 11.3 Å². The van der Waals surface area contributed by atoms with Gasteiger partial charge in [-0.1, -0.05) is 27.7 Å². The Hall–Kier alpha value is -1.42. The number of nitrogen functional groups attached to an aromatic ring is 1. The van der Waals surface area contributed by atoms with Gasteiger partial charge in [-0.05, 0) is 30.9 Å². The highest BCUT2D eigenvalue weighted by atomic mass is 32.1. The number of nitrogens with two attached hydrogens (primary N) is 1. The summed E-state index contributed by atoms with van der Waals surface area (Å²) in [5.74, 6) is 1.34. The molecule has 0 saturated heterocycles. The van der Waals surface area contributed by atoms with Gasteiger partial charge in [0.2, 0.25) is 0 Å². The Kier molecular flexibility index (Phi) is 3.63. The van der Waals surface area contributed by atoms with E-state index in [4.69, 9.17) is 5.73 Å². The van der Waals surface area contributed by atoms with Crippen LogP contribution in [0.15, 0.2) is 12.1 Å². The second-order valence-corrected chi connectivity index (χ2v) is 6.86. The molecule has 3 nitrogen and oxygen atoms in total. The summed E-state index contributed by atoms with van der Waals surface area (Å²) < 4.78 is 0. The Morgan fingerprint density at radius 3 is 2.42 bits per heavy atom. The molecule has 102 valence electrons. The third-order valence-electron chi connectivity index (χ3n) is 3.18. The zero-order chi connectivity index (χ0) is 14.2. The molecule has 2 rings (SSSR count). The van der Waals surface area contributed by atoms with Crippen molar-refractivity contribution in [2.24, 2.45) is 0 Å². The van der Waals surface area contributed by atoms with Gasteiger partial charge in [-0.2, -0.15) is 0 Å². The third kappa shape index (κ3) is 2.78. The van der Waals surface area contributed by atoms with Gasteiger partial charge in [-0.3, -0.25) is 0 Å². The average molecular weight is 275 g/mol. The van der Waals surface area contributed by atoms with Crippen molar-refractivity contribution in [1.82, 2.24) is 9.97 Å². The number of aromatic nitrogens is 2. The molecule has 2 aromatic heterocycles. The predicted octanol–water partition coefficient (Wildman–Crippen LogP) is 3.96. The summed E-state index contributed by atoms with van der Waals surface area (Å²) in [5.41, 5.74) is 8.17. The van der Waals surface area contributed by atoms with Gasteiger partial charge in [0.15, 0.2) is 5.82 Å². The van der Waals surface area contributed by atoms with Crippen molar-refractivity contribution in [2.45, 2.75) is 46.5 Å². The summed E-state index contributed by atoms with van der Waals surface area (Å²) in [5, 5.41) is 0. The fourth-order valence-corrected chi connectivity index (χ4v) is 2.90. The molecule has 0 aromatic carbocycles. The normalized spacial score (nSPS) is 11.8. The first-order valence-electron chi connectivity index (χ1n) is 6.56. The molecule has 2 N–H and O–H groups in total. The molecule has 0 fully saturated rings. The van der Waals surface area contributed by atoms with Gasteiger partial charge in [0, 0.05) is 16.1 Å². The number of anilines is 1. The van der Waals surface area contributed by atoms with Gasteiger partial charge < -0.3 is 5.73 Å². The maximum atomic E-state index is 5.98. The molecule has 0 radical (unpaired) electrons. The lowest BCUT2D eigenvalue weighted by Gasteiger charge is -2.15. The summed E-state index contributed by atoms with van der Waals surface area (Å²) in [7, 11) is 0. The van der Waals surface area contributed by atoms with Crippen LogP contribution in [0.3, 0.4) is 0 Å². The molecule has 0 atom stereocenters. The maximum absolute atomic E-state index is 5.98. The van der Waals surface area contributed by atoms with E-state index >= 15 is 0 Å². The van der Waals surface area contributed by atoms with Gasteiger partial charge >= 0.3 is 0 Å². The Morgan fingerprint density at radius 2 is 1.89 bits per heavy atom. The lowest BCUT2D eigenvalue weighted by molar-refractivity contribution is 0.604. The topological polar surface area (TPSA) is 51.8 Å². The predicted molar refractivity (Wildman–Crippen MR) is 82.6 cm³/mol. The molecule has 0 saturated carbocycles. The van der Waals surface area contributed by atoms with E-state index in [1.165, 1.54) is 4.88 Å². The van der Waals surface area contributed by atoms with E-state index in [1.807, 2.05) is 6.92 Å². The molecule has 2 aromatic rings. The first-order valence-corrected chi connectivity index (χ1v) is 7.38. The first kappa shape index (κ1) is 14.0. The van der Waals surface area contributed by atoms with Crippen molar-refractivity contribution in [3.63, 3.8) is 0 Å². The molecular weight excluding hydrogens is 254 g/mol. The van der Waals surface area contributed by atoms with Crippen molar-refractivity contribution < 1.29 is 0 Å². The van der Waals surface area contributed by atoms with Gasteiger partial charge in [0.25, 0.3) is 0 Å². The molecule has 0 amide bonds. The van der Waals surface area contributed by atoms with E-state index in [0.29, 0.717) is 5.82 Å². The van der Waals surface area contributed by atoms with E-state index in [1.54, 1.807) is 11.3 Å². The van der Waals surface area contributed by atoms with Crippen LogP contribution in [-0.4, -0.2) is 9.97 Å². The second kappa shape index (κ2) is 4.93. The number of nitrogens with zero attached hydrogens (tertiary/aromatic N) is 2. The largest absolute Gasteiger partial charge is 0.383 e. The van der Waals surface area contributed by atoms with Crippen LogP contribution in [0.2, 0.25) is 0 Å². The van der Waals surface area contributed by atoms with E-state index in [0.717, 1.165) is 28.4 Å². The van der Waals surface area contributed by atoms with Crippen molar-refractivity contribution in [3.05, 3.63) is 28.3 Å². The molecule has 0 aliphatic rings. The first-order chi connectivity index (χ1) is 8.82. The van der Waals surface area contributed by atoms with Gasteiger partial charge in [0.1, 0.15) is 5.82 Å². The molecule has 0 spiro atoms. The molecular formula is C15H21N3S. The third-order valence-corrected chi connectivity index (χ3v) is 4.69. The van der Waals surface area contributed by atoms with Crippen LogP contribution in [0, 0.1) is 6.92 Å². The highest BCUT2D eigenvalue weighted by molar-refractivity contribution is 7.15. The Labute approximate surface area is 118 Å². The molecule has 4 heteroatoms. The van der Waals surface area contributed by atoms with E-state index in [9.17, 15) is 0 Å². The van der Waals surface area contributed by atoms with Crippen LogP contribution in [0.1, 0.15) is 43.8 Å². The highest BCUT2D eigenvalue weighted by Crippen LogP contribution is 2.34. The lowest BCUT2D eigenvalue weighted by atomic mass is 9.95. The monoisotopic (exact) mass is 275 g/mol. The summed E-state index contributed by atoms with van der Waals surface area (Å²) in [4.78, 5) is 11.5. The minimum Gasteiger partial charge on any atom is -0.383 e. The van der Waals surface area contributed by atoms with Crippen molar-refractivity contribution in [3.8, 4) is 10.7 Å². The molecule has 2 heterocycles. The van der Waals surface area contributed by atoms with Crippen molar-refractivity contribution >= 4 is 17.2 Å². The zero-order valence-corrected chi connectivity index (χ0v) is 13.1. The van der Waals surface area contributed by atoms with E-state index in [-0.39, 0.29) is 5.41 Å². The number of rotatable bonds is 2. The second-order valence-electron chi connectivity index (χ2n) is 5.77. The van der Waals surface area contributed by atoms with Gasteiger partial charge in [-0.15, -0.1) is 11.3 Å². The lowest BCUT2D eigenvalue weighted by Crippen LogP contribution is -2.07. The number of thiophene rings is 1. The molecule has 0 unspecified atom stereocenters. The van der Waals surface area contributed by atoms with E-state index < -0.39 is 0 Å². The van der Waals surface area contributed by atoms with Crippen LogP contribution in [-0.2, 0) is 11.8 Å². The number of aryl methyl sites for hydroxylation is 1. The Morgan fingerprint density at radius 1 is 1.21 bits per heavy atom. The van der Waals surface area contributed by atoms with E-state index in [2.05, 4.69) is 49.8 Å². The Balaban J connectivity index is 2.48. The minimum absolute atomic E-state index is 0.159. The van der Waals surface area contributed by atoms with Crippen LogP contribution < -0.4 is 5.73 Å². The zero-order valence-electron chi connectivity index (χ0n) is 12.2. The van der Waals surface area contributed by atoms with Crippen molar-refractivity contribution in [1.29, 1.82) is 0 Å². The minimum atomic E-state index is 0.159. The summed E-state index contributed by atoms with van der Waals surface area (Å²) in [6.07, 6.45) is 0.878. The Bertz CT molecular complexity index is 594. The fourth-order valence-electron chi connectivity index (χ4n) is 1.90. The average Bonchev–Trinajstić information content (AvgIpc) is 2.81. The molecule has 19 heavy (non-hydrogen) atoms.